The van der Waals surface area contributed by atoms with Crippen LogP contribution in [0.2, 0.25) is 0 Å². The molecule has 2 N–H and O–H groups in total. The Kier molecular flexibility index (Phi) is 9.83. The normalized spacial score (nSPS) is 17.8. The highest BCUT2D eigenvalue weighted by Gasteiger charge is 2.26. The van der Waals surface area contributed by atoms with Crippen molar-refractivity contribution >= 4 is 11.9 Å². The van der Waals surface area contributed by atoms with Gasteiger partial charge >= 0.3 is 11.9 Å². The largest absolute Gasteiger partial charge is 0.473 e. The lowest BCUT2D eigenvalue weighted by atomic mass is 9.96. The van der Waals surface area contributed by atoms with Gasteiger partial charge in [-0.05, 0) is 11.1 Å². The highest BCUT2D eigenvalue weighted by atomic mass is 16.5. The molecule has 178 valence electrons. The number of carboxylic acid groups (broad SMARTS) is 2. The van der Waals surface area contributed by atoms with Gasteiger partial charge in [0.15, 0.2) is 0 Å². The number of morpholine rings is 1. The van der Waals surface area contributed by atoms with Crippen molar-refractivity contribution in [3.8, 4) is 0 Å². The topological polar surface area (TPSA) is 93.5 Å². The molecule has 0 spiro atoms. The standard InChI is InChI=1S/C23H31N3O.C2H2O4/c1-3-7-21(8-4-1)23(22-9-5-2-6-10-22)26-15-13-24(14-16-26)11-12-25-17-19-27-20-18-25;3-1(4)2(5)6/h1-10,23H,11-20H2;(H,3,4)(H,5,6). The lowest BCUT2D eigenvalue weighted by Crippen LogP contribution is -2.50. The number of rotatable bonds is 6. The monoisotopic (exact) mass is 455 g/mol. The van der Waals surface area contributed by atoms with Gasteiger partial charge in [0.05, 0.1) is 19.3 Å². The van der Waals surface area contributed by atoms with Crippen molar-refractivity contribution in [2.75, 3.05) is 65.6 Å². The zero-order valence-electron chi connectivity index (χ0n) is 18.9. The fourth-order valence-electron chi connectivity index (χ4n) is 4.24. The van der Waals surface area contributed by atoms with E-state index < -0.39 is 11.9 Å². The van der Waals surface area contributed by atoms with E-state index in [0.717, 1.165) is 52.5 Å². The molecule has 0 atom stereocenters. The van der Waals surface area contributed by atoms with Crippen LogP contribution >= 0.6 is 0 Å². The average Bonchev–Trinajstić information content (AvgIpc) is 2.86. The number of benzene rings is 2. The van der Waals surface area contributed by atoms with Crippen molar-refractivity contribution in [1.29, 1.82) is 0 Å². The van der Waals surface area contributed by atoms with Crippen molar-refractivity contribution in [3.05, 3.63) is 71.8 Å². The van der Waals surface area contributed by atoms with Gasteiger partial charge in [-0.1, -0.05) is 60.7 Å². The Morgan fingerprint density at radius 3 is 1.55 bits per heavy atom. The van der Waals surface area contributed by atoms with E-state index in [0.29, 0.717) is 6.04 Å². The third kappa shape index (κ3) is 7.94. The third-order valence-electron chi connectivity index (χ3n) is 6.02. The molecule has 8 nitrogen and oxygen atoms in total. The molecular formula is C25H33N3O5. The van der Waals surface area contributed by atoms with Crippen molar-refractivity contribution in [3.63, 3.8) is 0 Å². The lowest BCUT2D eigenvalue weighted by molar-refractivity contribution is -0.159. The number of hydrogen-bond acceptors (Lipinski definition) is 6. The maximum absolute atomic E-state index is 9.10. The number of carbonyl (C=O) groups is 2. The second-order valence-electron chi connectivity index (χ2n) is 8.17. The number of aliphatic carboxylic acids is 2. The fourth-order valence-corrected chi connectivity index (χ4v) is 4.24. The summed E-state index contributed by atoms with van der Waals surface area (Å²) in [4.78, 5) is 26.0. The Bertz CT molecular complexity index is 799. The Balaban J connectivity index is 0.000000454. The summed E-state index contributed by atoms with van der Waals surface area (Å²) in [6, 6.07) is 22.3. The molecule has 2 saturated heterocycles. The Hall–Kier alpha value is -2.78. The van der Waals surface area contributed by atoms with E-state index in [1.807, 2.05) is 0 Å². The summed E-state index contributed by atoms with van der Waals surface area (Å²) >= 11 is 0. The molecule has 33 heavy (non-hydrogen) atoms. The van der Waals surface area contributed by atoms with Gasteiger partial charge in [-0.15, -0.1) is 0 Å². The first-order valence-electron chi connectivity index (χ1n) is 11.4. The summed E-state index contributed by atoms with van der Waals surface area (Å²) in [6.07, 6.45) is 0. The van der Waals surface area contributed by atoms with Crippen LogP contribution in [0.5, 0.6) is 0 Å². The number of piperazine rings is 1. The minimum absolute atomic E-state index is 0.355. The molecule has 2 aliphatic rings. The first-order valence-corrected chi connectivity index (χ1v) is 11.4. The van der Waals surface area contributed by atoms with Crippen LogP contribution in [-0.4, -0.2) is 102 Å². The highest BCUT2D eigenvalue weighted by molar-refractivity contribution is 6.27. The molecule has 2 fully saturated rings. The smallest absolute Gasteiger partial charge is 0.414 e. The van der Waals surface area contributed by atoms with Crippen LogP contribution in [0.1, 0.15) is 17.2 Å². The molecular weight excluding hydrogens is 422 g/mol. The minimum atomic E-state index is -1.82. The minimum Gasteiger partial charge on any atom is -0.473 e. The second-order valence-corrected chi connectivity index (χ2v) is 8.17. The molecule has 8 heteroatoms. The molecule has 0 amide bonds. The third-order valence-corrected chi connectivity index (χ3v) is 6.02. The van der Waals surface area contributed by atoms with Gasteiger partial charge in [-0.2, -0.15) is 0 Å². The molecule has 0 radical (unpaired) electrons. The molecule has 0 aliphatic carbocycles. The molecule has 2 aromatic carbocycles. The van der Waals surface area contributed by atoms with Crippen LogP contribution in [0.15, 0.2) is 60.7 Å². The SMILES string of the molecule is O=C(O)C(=O)O.c1ccc(C(c2ccccc2)N2CCN(CCN3CCOCC3)CC2)cc1. The molecule has 4 rings (SSSR count). The Morgan fingerprint density at radius 1 is 0.697 bits per heavy atom. The zero-order valence-corrected chi connectivity index (χ0v) is 18.9. The maximum Gasteiger partial charge on any atom is 0.414 e. The Labute approximate surface area is 195 Å². The molecule has 0 bridgehead atoms. The second kappa shape index (κ2) is 13.1. The van der Waals surface area contributed by atoms with E-state index in [1.165, 1.54) is 24.2 Å². The van der Waals surface area contributed by atoms with E-state index in [4.69, 9.17) is 24.5 Å². The lowest BCUT2D eigenvalue weighted by Gasteiger charge is -2.40. The van der Waals surface area contributed by atoms with Gasteiger partial charge in [0, 0.05) is 52.4 Å². The summed E-state index contributed by atoms with van der Waals surface area (Å²) in [5, 5.41) is 14.8. The van der Waals surface area contributed by atoms with Gasteiger partial charge in [0.1, 0.15) is 0 Å². The zero-order chi connectivity index (χ0) is 23.5. The van der Waals surface area contributed by atoms with Crippen molar-refractivity contribution in [2.45, 2.75) is 6.04 Å². The van der Waals surface area contributed by atoms with Crippen LogP contribution in [0.4, 0.5) is 0 Å². The van der Waals surface area contributed by atoms with Crippen LogP contribution in [0, 0.1) is 0 Å². The van der Waals surface area contributed by atoms with Crippen molar-refractivity contribution in [1.82, 2.24) is 14.7 Å². The summed E-state index contributed by atoms with van der Waals surface area (Å²) in [7, 11) is 0. The number of hydrogen-bond donors (Lipinski definition) is 2. The summed E-state index contributed by atoms with van der Waals surface area (Å²) < 4.78 is 5.45. The average molecular weight is 456 g/mol. The van der Waals surface area contributed by atoms with Gasteiger partial charge in [-0.3, -0.25) is 14.7 Å². The van der Waals surface area contributed by atoms with E-state index in [9.17, 15) is 0 Å². The van der Waals surface area contributed by atoms with Gasteiger partial charge in [0.2, 0.25) is 0 Å². The highest BCUT2D eigenvalue weighted by Crippen LogP contribution is 2.29. The predicted octanol–water partition coefficient (Wildman–Crippen LogP) is 1.88. The molecule has 2 heterocycles. The summed E-state index contributed by atoms with van der Waals surface area (Å²) in [6.45, 7) is 10.9. The molecule has 2 aromatic rings. The Morgan fingerprint density at radius 2 is 1.12 bits per heavy atom. The van der Waals surface area contributed by atoms with Gasteiger partial charge < -0.3 is 14.9 Å². The van der Waals surface area contributed by atoms with E-state index in [1.54, 1.807) is 0 Å². The van der Waals surface area contributed by atoms with Crippen LogP contribution in [-0.2, 0) is 14.3 Å². The summed E-state index contributed by atoms with van der Waals surface area (Å²) in [5.41, 5.74) is 2.79. The fraction of sp³-hybridized carbons (Fsp3) is 0.440. The van der Waals surface area contributed by atoms with E-state index in [2.05, 4.69) is 75.4 Å². The quantitative estimate of drug-likeness (QED) is 0.638. The first-order chi connectivity index (χ1) is 16.0. The van der Waals surface area contributed by atoms with Crippen LogP contribution in [0.25, 0.3) is 0 Å². The summed E-state index contributed by atoms with van der Waals surface area (Å²) in [5.74, 6) is -3.65. The molecule has 2 aliphatic heterocycles. The van der Waals surface area contributed by atoms with Crippen molar-refractivity contribution < 1.29 is 24.5 Å². The number of carboxylic acids is 2. The number of nitrogens with zero attached hydrogens (tertiary/aromatic N) is 3. The van der Waals surface area contributed by atoms with Crippen LogP contribution in [0.3, 0.4) is 0 Å². The van der Waals surface area contributed by atoms with Gasteiger partial charge in [-0.25, -0.2) is 9.59 Å². The predicted molar refractivity (Wildman–Crippen MR) is 125 cm³/mol. The van der Waals surface area contributed by atoms with E-state index in [-0.39, 0.29) is 0 Å². The van der Waals surface area contributed by atoms with Crippen molar-refractivity contribution in [2.24, 2.45) is 0 Å². The van der Waals surface area contributed by atoms with E-state index >= 15 is 0 Å². The maximum atomic E-state index is 9.10. The van der Waals surface area contributed by atoms with Gasteiger partial charge in [0.25, 0.3) is 0 Å². The number of ether oxygens (including phenoxy) is 1. The van der Waals surface area contributed by atoms with Crippen LogP contribution < -0.4 is 0 Å². The molecule has 0 unspecified atom stereocenters. The molecule has 0 saturated carbocycles. The first kappa shape index (κ1) is 24.9. The molecule has 0 aromatic heterocycles.